The molecular formula is C24H29N5O2. The molecule has 0 unspecified atom stereocenters. The molecule has 0 saturated carbocycles. The van der Waals surface area contributed by atoms with Crippen LogP contribution in [-0.2, 0) is 24.3 Å². The number of nitrogens with zero attached hydrogens (tertiary/aromatic N) is 3. The van der Waals surface area contributed by atoms with E-state index in [1.807, 2.05) is 35.8 Å². The minimum absolute atomic E-state index is 0.345. The molecular weight excluding hydrogens is 390 g/mol. The molecule has 162 valence electrons. The van der Waals surface area contributed by atoms with Crippen molar-refractivity contribution < 1.29 is 9.84 Å². The molecule has 0 aliphatic carbocycles. The summed E-state index contributed by atoms with van der Waals surface area (Å²) >= 11 is 0. The molecule has 4 aromatic rings. The van der Waals surface area contributed by atoms with Crippen LogP contribution in [0.4, 0.5) is 11.5 Å². The molecule has 2 aromatic carbocycles. The van der Waals surface area contributed by atoms with Gasteiger partial charge in [-0.15, -0.1) is 0 Å². The second kappa shape index (κ2) is 8.17. The molecule has 0 saturated heterocycles. The predicted octanol–water partition coefficient (Wildman–Crippen LogP) is 3.65. The number of hydrogen-bond acceptors (Lipinski definition) is 6. The first-order valence-electron chi connectivity index (χ1n) is 10.5. The zero-order valence-corrected chi connectivity index (χ0v) is 18.2. The fourth-order valence-electron chi connectivity index (χ4n) is 3.85. The summed E-state index contributed by atoms with van der Waals surface area (Å²) in [6.45, 7) is 6.79. The van der Waals surface area contributed by atoms with Crippen LogP contribution < -0.4 is 11.5 Å². The molecule has 0 atom stereocenters. The summed E-state index contributed by atoms with van der Waals surface area (Å²) in [5.41, 5.74) is 16.6. The maximum atomic E-state index is 10.5. The Labute approximate surface area is 181 Å². The van der Waals surface area contributed by atoms with Crippen molar-refractivity contribution in [1.82, 2.24) is 14.5 Å². The molecule has 2 heterocycles. The van der Waals surface area contributed by atoms with Crippen molar-refractivity contribution in [3.63, 3.8) is 0 Å². The highest BCUT2D eigenvalue weighted by Crippen LogP contribution is 2.31. The van der Waals surface area contributed by atoms with E-state index in [9.17, 15) is 5.11 Å². The Morgan fingerprint density at radius 2 is 1.74 bits per heavy atom. The highest BCUT2D eigenvalue weighted by atomic mass is 16.5. The van der Waals surface area contributed by atoms with Gasteiger partial charge in [0.25, 0.3) is 0 Å². The number of aliphatic hydroxyl groups is 1. The van der Waals surface area contributed by atoms with E-state index in [1.54, 1.807) is 13.8 Å². The van der Waals surface area contributed by atoms with E-state index < -0.39 is 5.60 Å². The highest BCUT2D eigenvalue weighted by molar-refractivity contribution is 6.06. The standard InChI is InChI=1S/C24H29N5O2/c1-4-31-13-20-28-21-22(29(20)14-24(2,3)30)18-10-7-16(12-19(18)27-23(21)26)11-15-5-8-17(25)9-6-15/h5-10,12,30H,4,11,13-14,25H2,1-3H3,(H2,26,27). The third kappa shape index (κ3) is 4.47. The van der Waals surface area contributed by atoms with Crippen molar-refractivity contribution in [3.05, 3.63) is 59.4 Å². The summed E-state index contributed by atoms with van der Waals surface area (Å²) in [6, 6.07) is 14.1. The zero-order chi connectivity index (χ0) is 22.2. The molecule has 7 heteroatoms. The summed E-state index contributed by atoms with van der Waals surface area (Å²) in [5.74, 6) is 1.10. The van der Waals surface area contributed by atoms with Gasteiger partial charge in [0.15, 0.2) is 5.82 Å². The Bertz CT molecular complexity index is 1220. The van der Waals surface area contributed by atoms with Gasteiger partial charge in [-0.05, 0) is 56.5 Å². The van der Waals surface area contributed by atoms with Gasteiger partial charge in [-0.25, -0.2) is 9.97 Å². The van der Waals surface area contributed by atoms with Gasteiger partial charge < -0.3 is 25.9 Å². The third-order valence-electron chi connectivity index (χ3n) is 5.22. The number of rotatable bonds is 7. The van der Waals surface area contributed by atoms with Crippen LogP contribution in [-0.4, -0.2) is 31.8 Å². The second-order valence-corrected chi connectivity index (χ2v) is 8.53. The maximum absolute atomic E-state index is 10.5. The van der Waals surface area contributed by atoms with E-state index in [1.165, 1.54) is 5.56 Å². The topological polar surface area (TPSA) is 112 Å². The molecule has 4 rings (SSSR count). The van der Waals surface area contributed by atoms with Gasteiger partial charge in [0.05, 0.1) is 23.2 Å². The molecule has 0 amide bonds. The van der Waals surface area contributed by atoms with Gasteiger partial charge in [-0.1, -0.05) is 24.3 Å². The van der Waals surface area contributed by atoms with E-state index in [4.69, 9.17) is 21.2 Å². The average molecular weight is 420 g/mol. The lowest BCUT2D eigenvalue weighted by molar-refractivity contribution is 0.0582. The van der Waals surface area contributed by atoms with Crippen LogP contribution in [0.2, 0.25) is 0 Å². The molecule has 0 aliphatic heterocycles. The van der Waals surface area contributed by atoms with Crippen LogP contribution in [0.1, 0.15) is 37.7 Å². The first-order chi connectivity index (χ1) is 14.7. The molecule has 0 bridgehead atoms. The monoisotopic (exact) mass is 419 g/mol. The van der Waals surface area contributed by atoms with Crippen molar-refractivity contribution in [2.75, 3.05) is 18.1 Å². The molecule has 0 fully saturated rings. The van der Waals surface area contributed by atoms with Crippen molar-refractivity contribution in [2.45, 2.75) is 45.9 Å². The van der Waals surface area contributed by atoms with Gasteiger partial charge in [0, 0.05) is 17.7 Å². The lowest BCUT2D eigenvalue weighted by Gasteiger charge is -2.20. The number of pyridine rings is 1. The predicted molar refractivity (Wildman–Crippen MR) is 125 cm³/mol. The number of ether oxygens (including phenoxy) is 1. The number of aromatic nitrogens is 3. The lowest BCUT2D eigenvalue weighted by Crippen LogP contribution is -2.27. The number of nitrogen functional groups attached to an aromatic ring is 2. The van der Waals surface area contributed by atoms with E-state index in [-0.39, 0.29) is 0 Å². The third-order valence-corrected chi connectivity index (χ3v) is 5.22. The zero-order valence-electron chi connectivity index (χ0n) is 18.2. The Morgan fingerprint density at radius 1 is 1.03 bits per heavy atom. The van der Waals surface area contributed by atoms with E-state index in [0.29, 0.717) is 31.1 Å². The fourth-order valence-corrected chi connectivity index (χ4v) is 3.85. The van der Waals surface area contributed by atoms with Crippen LogP contribution in [0.25, 0.3) is 21.9 Å². The minimum atomic E-state index is -0.923. The molecule has 0 spiro atoms. The quantitative estimate of drug-likeness (QED) is 0.394. The number of fused-ring (bicyclic) bond motifs is 3. The molecule has 7 nitrogen and oxygen atoms in total. The van der Waals surface area contributed by atoms with Crippen molar-refractivity contribution in [3.8, 4) is 0 Å². The van der Waals surface area contributed by atoms with E-state index in [2.05, 4.69) is 23.2 Å². The maximum Gasteiger partial charge on any atom is 0.152 e. The molecule has 31 heavy (non-hydrogen) atoms. The Morgan fingerprint density at radius 3 is 2.42 bits per heavy atom. The largest absolute Gasteiger partial charge is 0.399 e. The molecule has 0 aliphatic rings. The number of anilines is 2. The molecule has 0 radical (unpaired) electrons. The van der Waals surface area contributed by atoms with Gasteiger partial charge in [0.1, 0.15) is 17.9 Å². The summed E-state index contributed by atoms with van der Waals surface area (Å²) < 4.78 is 7.62. The van der Waals surface area contributed by atoms with Gasteiger partial charge in [-0.3, -0.25) is 0 Å². The van der Waals surface area contributed by atoms with Crippen LogP contribution in [0.5, 0.6) is 0 Å². The number of hydrogen-bond donors (Lipinski definition) is 3. The Balaban J connectivity index is 1.84. The summed E-state index contributed by atoms with van der Waals surface area (Å²) in [4.78, 5) is 9.34. The van der Waals surface area contributed by atoms with Crippen LogP contribution in [0, 0.1) is 0 Å². The van der Waals surface area contributed by atoms with Crippen LogP contribution in [0.3, 0.4) is 0 Å². The highest BCUT2D eigenvalue weighted by Gasteiger charge is 2.22. The van der Waals surface area contributed by atoms with Gasteiger partial charge in [-0.2, -0.15) is 0 Å². The van der Waals surface area contributed by atoms with Gasteiger partial charge >= 0.3 is 0 Å². The number of benzene rings is 2. The molecule has 2 aromatic heterocycles. The Hall–Kier alpha value is -3.16. The van der Waals surface area contributed by atoms with Crippen LogP contribution >= 0.6 is 0 Å². The van der Waals surface area contributed by atoms with Crippen LogP contribution in [0.15, 0.2) is 42.5 Å². The smallest absolute Gasteiger partial charge is 0.152 e. The SMILES string of the molecule is CCOCc1nc2c(N)nc3cc(Cc4ccc(N)cc4)ccc3c2n1CC(C)(C)O. The normalized spacial score (nSPS) is 12.1. The fraction of sp³-hybridized carbons (Fsp3) is 0.333. The van der Waals surface area contributed by atoms with Crippen molar-refractivity contribution in [1.29, 1.82) is 0 Å². The van der Waals surface area contributed by atoms with E-state index >= 15 is 0 Å². The lowest BCUT2D eigenvalue weighted by atomic mass is 10.0. The summed E-state index contributed by atoms with van der Waals surface area (Å²) in [6.07, 6.45) is 0.772. The second-order valence-electron chi connectivity index (χ2n) is 8.53. The first kappa shape index (κ1) is 21.1. The number of nitrogens with two attached hydrogens (primary N) is 2. The average Bonchev–Trinajstić information content (AvgIpc) is 3.05. The minimum Gasteiger partial charge on any atom is -0.399 e. The Kier molecular flexibility index (Phi) is 5.56. The van der Waals surface area contributed by atoms with Gasteiger partial charge in [0.2, 0.25) is 0 Å². The number of imidazole rings is 1. The summed E-state index contributed by atoms with van der Waals surface area (Å²) in [7, 11) is 0. The van der Waals surface area contributed by atoms with Crippen molar-refractivity contribution in [2.24, 2.45) is 0 Å². The first-order valence-corrected chi connectivity index (χ1v) is 10.5. The molecule has 5 N–H and O–H groups in total. The summed E-state index contributed by atoms with van der Waals surface area (Å²) in [5, 5.41) is 11.5. The van der Waals surface area contributed by atoms with Crippen molar-refractivity contribution >= 4 is 33.4 Å². The van der Waals surface area contributed by atoms with E-state index in [0.717, 1.165) is 39.9 Å².